The number of nitrogens with two attached hydrogens (primary N) is 1. The van der Waals surface area contributed by atoms with Gasteiger partial charge in [-0.05, 0) is 42.2 Å². The Morgan fingerprint density at radius 1 is 1.04 bits per heavy atom. The van der Waals surface area contributed by atoms with Crippen molar-refractivity contribution >= 4 is 18.3 Å². The second-order valence-electron chi connectivity index (χ2n) is 6.81. The van der Waals surface area contributed by atoms with E-state index < -0.39 is 0 Å². The zero-order chi connectivity index (χ0) is 16.8. The summed E-state index contributed by atoms with van der Waals surface area (Å²) < 4.78 is 0. The topological polar surface area (TPSA) is 55.1 Å². The van der Waals surface area contributed by atoms with Gasteiger partial charge in [0.05, 0.1) is 0 Å². The number of carbonyl (C=O) groups excluding carboxylic acids is 1. The number of carbonyl (C=O) groups is 1. The molecule has 0 heterocycles. The summed E-state index contributed by atoms with van der Waals surface area (Å²) >= 11 is 0. The van der Waals surface area contributed by atoms with Gasteiger partial charge in [-0.25, -0.2) is 0 Å². The molecular weight excluding hydrogens is 332 g/mol. The lowest BCUT2D eigenvalue weighted by Crippen LogP contribution is -2.39. The SMILES string of the molecule is Cl.NC(CNC(=O)CC(Cc1ccccc1)c1ccccc1)C1CC1. The molecule has 134 valence electrons. The Bertz CT molecular complexity index is 643. The van der Waals surface area contributed by atoms with Gasteiger partial charge in [0.1, 0.15) is 0 Å². The lowest BCUT2D eigenvalue weighted by molar-refractivity contribution is -0.121. The molecular formula is C21H27ClN2O. The summed E-state index contributed by atoms with van der Waals surface area (Å²) in [5.74, 6) is 0.890. The molecule has 0 radical (unpaired) electrons. The molecule has 3 rings (SSSR count). The zero-order valence-electron chi connectivity index (χ0n) is 14.4. The van der Waals surface area contributed by atoms with Crippen LogP contribution in [0.4, 0.5) is 0 Å². The van der Waals surface area contributed by atoms with E-state index in [1.165, 1.54) is 24.0 Å². The Balaban J connectivity index is 0.00000225. The van der Waals surface area contributed by atoms with Crippen LogP contribution in [0.25, 0.3) is 0 Å². The summed E-state index contributed by atoms with van der Waals surface area (Å²) in [6.07, 6.45) is 3.78. The molecule has 4 heteroatoms. The van der Waals surface area contributed by atoms with Crippen LogP contribution in [0.15, 0.2) is 60.7 Å². The molecule has 2 atom stereocenters. The largest absolute Gasteiger partial charge is 0.355 e. The van der Waals surface area contributed by atoms with Crippen LogP contribution < -0.4 is 11.1 Å². The van der Waals surface area contributed by atoms with Gasteiger partial charge >= 0.3 is 0 Å². The summed E-state index contributed by atoms with van der Waals surface area (Å²) in [5.41, 5.74) is 8.55. The minimum absolute atomic E-state index is 0. The summed E-state index contributed by atoms with van der Waals surface area (Å²) in [7, 11) is 0. The van der Waals surface area contributed by atoms with Gasteiger partial charge in [0, 0.05) is 19.0 Å². The predicted molar refractivity (Wildman–Crippen MR) is 105 cm³/mol. The van der Waals surface area contributed by atoms with Gasteiger partial charge in [-0.15, -0.1) is 12.4 Å². The fourth-order valence-electron chi connectivity index (χ4n) is 3.15. The van der Waals surface area contributed by atoms with Crippen molar-refractivity contribution in [2.24, 2.45) is 11.7 Å². The van der Waals surface area contributed by atoms with Crippen molar-refractivity contribution in [2.45, 2.75) is 37.6 Å². The second kappa shape index (κ2) is 9.59. The van der Waals surface area contributed by atoms with Crippen LogP contribution in [-0.2, 0) is 11.2 Å². The normalized spacial score (nSPS) is 15.7. The van der Waals surface area contributed by atoms with E-state index in [4.69, 9.17) is 5.73 Å². The average Bonchev–Trinajstić information content (AvgIpc) is 3.46. The van der Waals surface area contributed by atoms with Crippen LogP contribution in [0.1, 0.15) is 36.3 Å². The Morgan fingerprint density at radius 3 is 2.24 bits per heavy atom. The lowest BCUT2D eigenvalue weighted by atomic mass is 9.89. The smallest absolute Gasteiger partial charge is 0.220 e. The molecule has 0 saturated heterocycles. The van der Waals surface area contributed by atoms with Gasteiger partial charge in [-0.3, -0.25) is 4.79 Å². The lowest BCUT2D eigenvalue weighted by Gasteiger charge is -2.18. The van der Waals surface area contributed by atoms with Gasteiger partial charge in [-0.2, -0.15) is 0 Å². The van der Waals surface area contributed by atoms with Crippen molar-refractivity contribution in [1.82, 2.24) is 5.32 Å². The molecule has 1 aliphatic rings. The molecule has 0 bridgehead atoms. The second-order valence-corrected chi connectivity index (χ2v) is 6.81. The third-order valence-electron chi connectivity index (χ3n) is 4.79. The highest BCUT2D eigenvalue weighted by Gasteiger charge is 2.28. The molecule has 3 N–H and O–H groups in total. The monoisotopic (exact) mass is 358 g/mol. The predicted octanol–water partition coefficient (Wildman–Crippen LogP) is 3.68. The molecule has 3 nitrogen and oxygen atoms in total. The van der Waals surface area contributed by atoms with Gasteiger partial charge in [0.15, 0.2) is 0 Å². The first-order valence-electron chi connectivity index (χ1n) is 8.83. The molecule has 2 unspecified atom stereocenters. The number of benzene rings is 2. The van der Waals surface area contributed by atoms with Gasteiger partial charge in [0.25, 0.3) is 0 Å². The minimum atomic E-state index is 0. The number of hydrogen-bond acceptors (Lipinski definition) is 2. The Morgan fingerprint density at radius 2 is 1.64 bits per heavy atom. The molecule has 1 saturated carbocycles. The number of halogens is 1. The zero-order valence-corrected chi connectivity index (χ0v) is 15.3. The van der Waals surface area contributed by atoms with Crippen molar-refractivity contribution in [3.05, 3.63) is 71.8 Å². The van der Waals surface area contributed by atoms with Gasteiger partial charge in [0.2, 0.25) is 5.91 Å². The molecule has 2 aromatic rings. The van der Waals surface area contributed by atoms with E-state index >= 15 is 0 Å². The Kier molecular flexibility index (Phi) is 7.48. The van der Waals surface area contributed by atoms with E-state index in [0.717, 1.165) is 6.42 Å². The van der Waals surface area contributed by atoms with Gasteiger partial charge < -0.3 is 11.1 Å². The molecule has 0 aromatic heterocycles. The van der Waals surface area contributed by atoms with Crippen LogP contribution in [-0.4, -0.2) is 18.5 Å². The standard InChI is InChI=1S/C21H26N2O.ClH/c22-20(18-11-12-18)15-23-21(24)14-19(17-9-5-2-6-10-17)13-16-7-3-1-4-8-16;/h1-10,18-20H,11-15,22H2,(H,23,24);1H. The number of nitrogens with one attached hydrogen (secondary N) is 1. The maximum Gasteiger partial charge on any atom is 0.220 e. The molecule has 1 amide bonds. The molecule has 1 aliphatic carbocycles. The summed E-state index contributed by atoms with van der Waals surface area (Å²) in [5, 5.41) is 3.03. The molecule has 2 aromatic carbocycles. The first-order valence-corrected chi connectivity index (χ1v) is 8.83. The van der Waals surface area contributed by atoms with Crippen LogP contribution in [0.3, 0.4) is 0 Å². The minimum Gasteiger partial charge on any atom is -0.355 e. The van der Waals surface area contributed by atoms with Crippen LogP contribution in [0.5, 0.6) is 0 Å². The average molecular weight is 359 g/mol. The van der Waals surface area contributed by atoms with Crippen molar-refractivity contribution in [3.8, 4) is 0 Å². The van der Waals surface area contributed by atoms with E-state index in [1.807, 2.05) is 36.4 Å². The van der Waals surface area contributed by atoms with Crippen molar-refractivity contribution < 1.29 is 4.79 Å². The van der Waals surface area contributed by atoms with Crippen LogP contribution in [0.2, 0.25) is 0 Å². The summed E-state index contributed by atoms with van der Waals surface area (Å²) in [4.78, 5) is 12.4. The number of amides is 1. The Hall–Kier alpha value is -1.84. The summed E-state index contributed by atoms with van der Waals surface area (Å²) in [6, 6.07) is 20.8. The van der Waals surface area contributed by atoms with Crippen molar-refractivity contribution in [1.29, 1.82) is 0 Å². The fourth-order valence-corrected chi connectivity index (χ4v) is 3.15. The van der Waals surface area contributed by atoms with E-state index in [1.54, 1.807) is 0 Å². The van der Waals surface area contributed by atoms with Crippen LogP contribution >= 0.6 is 12.4 Å². The Labute approximate surface area is 156 Å². The number of rotatable bonds is 8. The maximum absolute atomic E-state index is 12.4. The highest BCUT2D eigenvalue weighted by atomic mass is 35.5. The highest BCUT2D eigenvalue weighted by molar-refractivity contribution is 5.85. The molecule has 0 spiro atoms. The summed E-state index contributed by atoms with van der Waals surface area (Å²) in [6.45, 7) is 0.594. The number of hydrogen-bond donors (Lipinski definition) is 2. The third-order valence-corrected chi connectivity index (χ3v) is 4.79. The van der Waals surface area contributed by atoms with Gasteiger partial charge in [-0.1, -0.05) is 60.7 Å². The van der Waals surface area contributed by atoms with E-state index in [-0.39, 0.29) is 30.3 Å². The molecule has 0 aliphatic heterocycles. The van der Waals surface area contributed by atoms with E-state index in [9.17, 15) is 4.79 Å². The van der Waals surface area contributed by atoms with E-state index in [2.05, 4.69) is 29.6 Å². The van der Waals surface area contributed by atoms with Crippen molar-refractivity contribution in [2.75, 3.05) is 6.54 Å². The van der Waals surface area contributed by atoms with Crippen molar-refractivity contribution in [3.63, 3.8) is 0 Å². The highest BCUT2D eigenvalue weighted by Crippen LogP contribution is 2.31. The quantitative estimate of drug-likeness (QED) is 0.756. The maximum atomic E-state index is 12.4. The molecule has 25 heavy (non-hydrogen) atoms. The third kappa shape index (κ3) is 6.18. The van der Waals surface area contributed by atoms with E-state index in [0.29, 0.717) is 18.9 Å². The fraction of sp³-hybridized carbons (Fsp3) is 0.381. The molecule has 1 fully saturated rings. The first kappa shape index (κ1) is 19.5. The first-order chi connectivity index (χ1) is 11.7. The van der Waals surface area contributed by atoms with Crippen LogP contribution in [0, 0.1) is 5.92 Å².